The molecule has 2 aromatic rings. The molecule has 2 aromatic carbocycles. The number of alkyl halides is 3. The fraction of sp³-hybridized carbons (Fsp3) is 0.407. The number of carbonyl (C=O) groups excluding carboxylic acids is 2. The number of fused-ring (bicyclic) bond motifs is 4. The fourth-order valence-electron chi connectivity index (χ4n) is 5.74. The number of anilines is 1. The van der Waals surface area contributed by atoms with Crippen LogP contribution in [0.3, 0.4) is 0 Å². The second kappa shape index (κ2) is 8.69. The highest BCUT2D eigenvalue weighted by Crippen LogP contribution is 2.41. The van der Waals surface area contributed by atoms with Gasteiger partial charge in [0, 0.05) is 30.3 Å². The van der Waals surface area contributed by atoms with Crippen molar-refractivity contribution in [3.8, 4) is 0 Å². The van der Waals surface area contributed by atoms with Crippen molar-refractivity contribution in [2.24, 2.45) is 5.92 Å². The lowest BCUT2D eigenvalue weighted by Gasteiger charge is -2.47. The third-order valence-electron chi connectivity index (χ3n) is 7.50. The zero-order valence-corrected chi connectivity index (χ0v) is 18.7. The van der Waals surface area contributed by atoms with Crippen molar-refractivity contribution >= 4 is 17.3 Å². The van der Waals surface area contributed by atoms with Gasteiger partial charge in [-0.15, -0.1) is 0 Å². The van der Waals surface area contributed by atoms with Crippen molar-refractivity contribution in [3.05, 3.63) is 75.9 Å². The van der Waals surface area contributed by atoms with Gasteiger partial charge in [0.05, 0.1) is 17.7 Å². The highest BCUT2D eigenvalue weighted by atomic mass is 19.4. The Bertz CT molecular complexity index is 1180. The molecule has 0 radical (unpaired) electrons. The van der Waals surface area contributed by atoms with Crippen LogP contribution in [0, 0.1) is 5.92 Å². The minimum atomic E-state index is -4.61. The molecule has 0 unspecified atom stereocenters. The minimum absolute atomic E-state index is 0.112. The summed E-state index contributed by atoms with van der Waals surface area (Å²) in [6.45, 7) is 0.419. The number of benzene rings is 2. The van der Waals surface area contributed by atoms with Crippen molar-refractivity contribution in [1.29, 1.82) is 0 Å². The molecule has 6 rings (SSSR count). The number of halogens is 3. The molecule has 3 fully saturated rings. The standard InChI is InChI=1S/C27H26F3NO3/c28-27(29,30)23-13-21(31-14-16-4-8-20(31)9-5-16)10-6-18(23)12-24(33)22-11-7-17-2-1-3-19(15-32)25(17)26(22)34/h1-3,6,10-11,13,16,20,32H,4-5,7-9,12,14-15H2. The number of allylic oxidation sites excluding steroid dienone is 2. The molecular formula is C27H26F3NO3. The molecule has 0 spiro atoms. The van der Waals surface area contributed by atoms with Crippen LogP contribution in [0.2, 0.25) is 0 Å². The first-order valence-corrected chi connectivity index (χ1v) is 11.7. The molecule has 2 saturated heterocycles. The number of ketones is 2. The van der Waals surface area contributed by atoms with Crippen LogP contribution in [-0.2, 0) is 30.4 Å². The first-order chi connectivity index (χ1) is 16.3. The second-order valence-electron chi connectivity index (χ2n) is 9.53. The Morgan fingerprint density at radius 2 is 1.82 bits per heavy atom. The Labute approximate surface area is 196 Å². The molecule has 2 aliphatic heterocycles. The van der Waals surface area contributed by atoms with Crippen LogP contribution in [0.25, 0.3) is 0 Å². The number of carbonyl (C=O) groups is 2. The highest BCUT2D eigenvalue weighted by Gasteiger charge is 2.38. The molecule has 0 aromatic heterocycles. The Kier molecular flexibility index (Phi) is 5.84. The number of aliphatic hydroxyl groups is 1. The monoisotopic (exact) mass is 469 g/mol. The van der Waals surface area contributed by atoms with Crippen LogP contribution in [0.1, 0.15) is 58.3 Å². The van der Waals surface area contributed by atoms with Crippen LogP contribution < -0.4 is 4.90 Å². The molecule has 178 valence electrons. The van der Waals surface area contributed by atoms with Crippen LogP contribution in [-0.4, -0.2) is 29.3 Å². The predicted molar refractivity (Wildman–Crippen MR) is 122 cm³/mol. The van der Waals surface area contributed by atoms with E-state index in [-0.39, 0.29) is 29.3 Å². The summed E-state index contributed by atoms with van der Waals surface area (Å²) in [7, 11) is 0. The molecule has 2 aliphatic carbocycles. The lowest BCUT2D eigenvalue weighted by molar-refractivity contribution is -0.138. The van der Waals surface area contributed by atoms with E-state index >= 15 is 0 Å². The lowest BCUT2D eigenvalue weighted by Crippen LogP contribution is -2.48. The lowest BCUT2D eigenvalue weighted by atomic mass is 9.79. The van der Waals surface area contributed by atoms with Crippen molar-refractivity contribution in [2.45, 2.75) is 57.3 Å². The summed E-state index contributed by atoms with van der Waals surface area (Å²) in [4.78, 5) is 28.1. The number of nitrogens with zero attached hydrogens (tertiary/aromatic N) is 1. The zero-order valence-electron chi connectivity index (χ0n) is 18.7. The molecule has 2 bridgehead atoms. The largest absolute Gasteiger partial charge is 0.416 e. The van der Waals surface area contributed by atoms with Crippen LogP contribution in [0.5, 0.6) is 0 Å². The van der Waals surface area contributed by atoms with Gasteiger partial charge < -0.3 is 10.0 Å². The molecule has 1 N–H and O–H groups in total. The Balaban J connectivity index is 1.42. The third-order valence-corrected chi connectivity index (χ3v) is 7.50. The normalized spacial score (nSPS) is 21.9. The summed E-state index contributed by atoms with van der Waals surface area (Å²) in [6, 6.07) is 9.58. The average Bonchev–Trinajstić information content (AvgIpc) is 2.84. The maximum Gasteiger partial charge on any atom is 0.416 e. The topological polar surface area (TPSA) is 57.6 Å². The van der Waals surface area contributed by atoms with Gasteiger partial charge in [0.2, 0.25) is 0 Å². The van der Waals surface area contributed by atoms with E-state index in [1.54, 1.807) is 24.3 Å². The summed E-state index contributed by atoms with van der Waals surface area (Å²) in [6.07, 6.45) is 0.949. The van der Waals surface area contributed by atoms with Gasteiger partial charge in [0.1, 0.15) is 0 Å². The van der Waals surface area contributed by atoms with E-state index in [0.717, 1.165) is 32.2 Å². The van der Waals surface area contributed by atoms with Gasteiger partial charge in [0.25, 0.3) is 0 Å². The molecule has 7 heteroatoms. The minimum Gasteiger partial charge on any atom is -0.392 e. The Hall–Kier alpha value is -2.93. The molecule has 1 saturated carbocycles. The van der Waals surface area contributed by atoms with Crippen molar-refractivity contribution in [2.75, 3.05) is 11.4 Å². The third kappa shape index (κ3) is 4.06. The molecule has 0 atom stereocenters. The Morgan fingerprint density at radius 3 is 2.47 bits per heavy atom. The van der Waals surface area contributed by atoms with Crippen molar-refractivity contribution in [3.63, 3.8) is 0 Å². The number of piperidine rings is 2. The summed E-state index contributed by atoms with van der Waals surface area (Å²) >= 11 is 0. The average molecular weight is 470 g/mol. The Morgan fingerprint density at radius 1 is 1.06 bits per heavy atom. The first kappa shape index (κ1) is 22.8. The fourth-order valence-corrected chi connectivity index (χ4v) is 5.74. The molecule has 4 nitrogen and oxygen atoms in total. The predicted octanol–water partition coefficient (Wildman–Crippen LogP) is 5.05. The summed E-state index contributed by atoms with van der Waals surface area (Å²) < 4.78 is 42.0. The summed E-state index contributed by atoms with van der Waals surface area (Å²) in [5, 5.41) is 9.58. The van der Waals surface area contributed by atoms with Crippen molar-refractivity contribution < 1.29 is 27.9 Å². The van der Waals surface area contributed by atoms with E-state index in [4.69, 9.17) is 0 Å². The summed E-state index contributed by atoms with van der Waals surface area (Å²) in [5.74, 6) is -0.652. The van der Waals surface area contributed by atoms with Gasteiger partial charge in [-0.05, 0) is 66.8 Å². The van der Waals surface area contributed by atoms with Gasteiger partial charge in [0.15, 0.2) is 11.6 Å². The SMILES string of the molecule is O=C(Cc1ccc(N2CC3CCC2CC3)cc1C(F)(F)F)C1=CCc2cccc(CO)c2C1=O. The summed E-state index contributed by atoms with van der Waals surface area (Å²) in [5.41, 5.74) is 0.883. The van der Waals surface area contributed by atoms with E-state index in [1.807, 2.05) is 0 Å². The van der Waals surface area contributed by atoms with Crippen LogP contribution in [0.4, 0.5) is 18.9 Å². The van der Waals surface area contributed by atoms with E-state index < -0.39 is 29.7 Å². The van der Waals surface area contributed by atoms with Gasteiger partial charge in [-0.2, -0.15) is 13.2 Å². The smallest absolute Gasteiger partial charge is 0.392 e. The van der Waals surface area contributed by atoms with E-state index in [9.17, 15) is 27.9 Å². The molecule has 2 heterocycles. The van der Waals surface area contributed by atoms with Crippen molar-refractivity contribution in [1.82, 2.24) is 0 Å². The maximum atomic E-state index is 14.0. The van der Waals surface area contributed by atoms with E-state index in [2.05, 4.69) is 4.90 Å². The van der Waals surface area contributed by atoms with E-state index in [1.165, 1.54) is 18.2 Å². The maximum absolute atomic E-state index is 14.0. The van der Waals surface area contributed by atoms with Gasteiger partial charge >= 0.3 is 6.18 Å². The highest BCUT2D eigenvalue weighted by molar-refractivity contribution is 6.28. The van der Waals surface area contributed by atoms with Gasteiger partial charge in [-0.3, -0.25) is 9.59 Å². The van der Waals surface area contributed by atoms with Crippen LogP contribution >= 0.6 is 0 Å². The second-order valence-corrected chi connectivity index (χ2v) is 9.53. The van der Waals surface area contributed by atoms with Crippen LogP contribution in [0.15, 0.2) is 48.0 Å². The zero-order chi connectivity index (χ0) is 24.0. The molecule has 4 aliphatic rings. The quantitative estimate of drug-likeness (QED) is 0.623. The molecule has 34 heavy (non-hydrogen) atoms. The number of Topliss-reactive ketones (excluding diaryl/α,β-unsaturated/α-hetero) is 2. The number of aliphatic hydroxyl groups excluding tert-OH is 1. The van der Waals surface area contributed by atoms with E-state index in [0.29, 0.717) is 29.2 Å². The number of hydrogen-bond donors (Lipinski definition) is 1. The number of hydrogen-bond acceptors (Lipinski definition) is 4. The molecular weight excluding hydrogens is 443 g/mol. The number of rotatable bonds is 5. The van der Waals surface area contributed by atoms with Gasteiger partial charge in [-0.25, -0.2) is 0 Å². The van der Waals surface area contributed by atoms with Gasteiger partial charge in [-0.1, -0.05) is 30.3 Å². The first-order valence-electron chi connectivity index (χ1n) is 11.7. The molecule has 0 amide bonds.